The normalized spacial score (nSPS) is 12.5. The van der Waals surface area contributed by atoms with Gasteiger partial charge in [0.1, 0.15) is 11.8 Å². The van der Waals surface area contributed by atoms with Crippen molar-refractivity contribution >= 4 is 33.4 Å². The van der Waals surface area contributed by atoms with Crippen molar-refractivity contribution in [1.82, 2.24) is 14.5 Å². The van der Waals surface area contributed by atoms with Crippen molar-refractivity contribution in [1.29, 1.82) is 0 Å². The third-order valence-corrected chi connectivity index (χ3v) is 7.31. The van der Waals surface area contributed by atoms with Crippen LogP contribution in [0.1, 0.15) is 26.3 Å². The maximum atomic E-state index is 13.3. The number of carbonyl (C=O) groups excluding carboxylic acids is 2. The summed E-state index contributed by atoms with van der Waals surface area (Å²) in [4.78, 5) is 27.4. The number of nitrogens with zero attached hydrogens (tertiary/aromatic N) is 2. The third kappa shape index (κ3) is 7.44. The molecule has 0 spiro atoms. The number of amides is 2. The minimum atomic E-state index is -3.92. The lowest BCUT2D eigenvalue weighted by Crippen LogP contribution is -2.51. The molecular formula is C24H32ClN3O5S. The first-order chi connectivity index (χ1) is 15.9. The van der Waals surface area contributed by atoms with E-state index >= 15 is 0 Å². The lowest BCUT2D eigenvalue weighted by Gasteiger charge is -2.30. The van der Waals surface area contributed by atoms with Gasteiger partial charge in [-0.2, -0.15) is 4.31 Å². The Bertz CT molecular complexity index is 1070. The standard InChI is InChI=1S/C24H32ClN3O5S/c1-17(2)14-26-24(30)18(3)28(15-19-6-10-21(33-5)11-7-19)23(29)16-27(4)34(31,32)22-12-8-20(25)9-13-22/h6-13,17-18H,14-16H2,1-5H3,(H,26,30)/t18-/m1/s1. The summed E-state index contributed by atoms with van der Waals surface area (Å²) in [5, 5.41) is 3.25. The minimum Gasteiger partial charge on any atom is -0.497 e. The van der Waals surface area contributed by atoms with Crippen molar-refractivity contribution < 1.29 is 22.7 Å². The first-order valence-electron chi connectivity index (χ1n) is 10.9. The number of ether oxygens (including phenoxy) is 1. The maximum Gasteiger partial charge on any atom is 0.243 e. The van der Waals surface area contributed by atoms with E-state index in [0.717, 1.165) is 9.87 Å². The topological polar surface area (TPSA) is 96.0 Å². The van der Waals surface area contributed by atoms with Gasteiger partial charge in [0.05, 0.1) is 18.6 Å². The third-order valence-electron chi connectivity index (χ3n) is 5.24. The summed E-state index contributed by atoms with van der Waals surface area (Å²) in [5.41, 5.74) is 0.779. The van der Waals surface area contributed by atoms with Gasteiger partial charge in [-0.3, -0.25) is 9.59 Å². The summed E-state index contributed by atoms with van der Waals surface area (Å²) < 4.78 is 32.0. The lowest BCUT2D eigenvalue weighted by molar-refractivity contribution is -0.140. The molecular weight excluding hydrogens is 478 g/mol. The van der Waals surface area contributed by atoms with E-state index in [0.29, 0.717) is 17.3 Å². The molecule has 0 aromatic heterocycles. The van der Waals surface area contributed by atoms with Crippen molar-refractivity contribution in [3.05, 3.63) is 59.1 Å². The summed E-state index contributed by atoms with van der Waals surface area (Å²) >= 11 is 5.86. The van der Waals surface area contributed by atoms with Crippen LogP contribution in [0, 0.1) is 5.92 Å². The van der Waals surface area contributed by atoms with Gasteiger partial charge in [-0.15, -0.1) is 0 Å². The van der Waals surface area contributed by atoms with Gasteiger partial charge in [0.15, 0.2) is 0 Å². The van der Waals surface area contributed by atoms with E-state index in [1.54, 1.807) is 38.3 Å². The zero-order valence-corrected chi connectivity index (χ0v) is 21.7. The Morgan fingerprint density at radius 2 is 1.62 bits per heavy atom. The summed E-state index contributed by atoms with van der Waals surface area (Å²) in [6.45, 7) is 5.75. The average Bonchev–Trinajstić information content (AvgIpc) is 2.81. The fraction of sp³-hybridized carbons (Fsp3) is 0.417. The highest BCUT2D eigenvalue weighted by Crippen LogP contribution is 2.19. The molecule has 10 heteroatoms. The largest absolute Gasteiger partial charge is 0.497 e. The Morgan fingerprint density at radius 1 is 1.03 bits per heavy atom. The molecule has 186 valence electrons. The second-order valence-electron chi connectivity index (χ2n) is 8.40. The number of hydrogen-bond acceptors (Lipinski definition) is 5. The number of benzene rings is 2. The van der Waals surface area contributed by atoms with E-state index in [-0.39, 0.29) is 23.3 Å². The minimum absolute atomic E-state index is 0.0247. The van der Waals surface area contributed by atoms with E-state index in [2.05, 4.69) is 5.32 Å². The number of nitrogens with one attached hydrogen (secondary N) is 1. The fourth-order valence-corrected chi connectivity index (χ4v) is 4.36. The molecule has 0 radical (unpaired) electrons. The van der Waals surface area contributed by atoms with Gasteiger partial charge in [0.2, 0.25) is 21.8 Å². The van der Waals surface area contributed by atoms with Crippen LogP contribution in [-0.2, 0) is 26.2 Å². The molecule has 0 aliphatic carbocycles. The molecule has 2 aromatic carbocycles. The van der Waals surface area contributed by atoms with Crippen molar-refractivity contribution in [2.24, 2.45) is 5.92 Å². The van der Waals surface area contributed by atoms with Crippen molar-refractivity contribution in [2.75, 3.05) is 27.2 Å². The summed E-state index contributed by atoms with van der Waals surface area (Å²) in [6, 6.07) is 12.0. The number of halogens is 1. The number of likely N-dealkylation sites (N-methyl/N-ethyl adjacent to an activating group) is 1. The van der Waals surface area contributed by atoms with Crippen LogP contribution in [0.2, 0.25) is 5.02 Å². The van der Waals surface area contributed by atoms with Crippen LogP contribution in [0.5, 0.6) is 5.75 Å². The van der Waals surface area contributed by atoms with Crippen molar-refractivity contribution in [2.45, 2.75) is 38.3 Å². The Labute approximate surface area is 206 Å². The van der Waals surface area contributed by atoms with Crippen LogP contribution in [0.4, 0.5) is 0 Å². The molecule has 0 saturated heterocycles. The molecule has 2 rings (SSSR count). The zero-order chi connectivity index (χ0) is 25.5. The van der Waals surface area contributed by atoms with Gasteiger partial charge >= 0.3 is 0 Å². The highest BCUT2D eigenvalue weighted by molar-refractivity contribution is 7.89. The lowest BCUT2D eigenvalue weighted by atomic mass is 10.1. The molecule has 0 fully saturated rings. The highest BCUT2D eigenvalue weighted by atomic mass is 35.5. The van der Waals surface area contributed by atoms with Crippen LogP contribution < -0.4 is 10.1 Å². The smallest absolute Gasteiger partial charge is 0.243 e. The van der Waals surface area contributed by atoms with E-state index in [1.807, 2.05) is 13.8 Å². The zero-order valence-electron chi connectivity index (χ0n) is 20.1. The van der Waals surface area contributed by atoms with E-state index < -0.39 is 28.5 Å². The molecule has 0 aliphatic heterocycles. The van der Waals surface area contributed by atoms with Gasteiger partial charge in [-0.25, -0.2) is 8.42 Å². The SMILES string of the molecule is COc1ccc(CN(C(=O)CN(C)S(=O)(=O)c2ccc(Cl)cc2)[C@H](C)C(=O)NCC(C)C)cc1. The monoisotopic (exact) mass is 509 g/mol. The second kappa shape index (κ2) is 12.2. The molecule has 0 unspecified atom stereocenters. The van der Waals surface area contributed by atoms with Gasteiger partial charge in [-0.05, 0) is 54.8 Å². The maximum absolute atomic E-state index is 13.3. The summed E-state index contributed by atoms with van der Waals surface area (Å²) in [5.74, 6) is 0.109. The number of sulfonamides is 1. The molecule has 1 atom stereocenters. The number of carbonyl (C=O) groups is 2. The molecule has 0 heterocycles. The van der Waals surface area contributed by atoms with Crippen molar-refractivity contribution in [3.8, 4) is 5.75 Å². The Morgan fingerprint density at radius 3 is 2.15 bits per heavy atom. The van der Waals surface area contributed by atoms with E-state index in [4.69, 9.17) is 16.3 Å². The Hall–Kier alpha value is -2.62. The van der Waals surface area contributed by atoms with E-state index in [9.17, 15) is 18.0 Å². The number of rotatable bonds is 11. The quantitative estimate of drug-likeness (QED) is 0.502. The molecule has 2 amide bonds. The molecule has 2 aromatic rings. The Kier molecular flexibility index (Phi) is 9.90. The molecule has 8 nitrogen and oxygen atoms in total. The number of methoxy groups -OCH3 is 1. The van der Waals surface area contributed by atoms with Gasteiger partial charge in [0.25, 0.3) is 0 Å². The van der Waals surface area contributed by atoms with Crippen LogP contribution in [-0.4, -0.2) is 62.7 Å². The fourth-order valence-electron chi connectivity index (χ4n) is 3.12. The molecule has 1 N–H and O–H groups in total. The highest BCUT2D eigenvalue weighted by Gasteiger charge is 2.30. The first-order valence-corrected chi connectivity index (χ1v) is 12.7. The van der Waals surface area contributed by atoms with Gasteiger partial charge in [0, 0.05) is 25.2 Å². The molecule has 0 bridgehead atoms. The molecule has 0 aliphatic rings. The van der Waals surface area contributed by atoms with Crippen LogP contribution in [0.15, 0.2) is 53.4 Å². The van der Waals surface area contributed by atoms with Gasteiger partial charge < -0.3 is 15.0 Å². The first kappa shape index (κ1) is 27.6. The summed E-state index contributed by atoms with van der Waals surface area (Å²) in [6.07, 6.45) is 0. The Balaban J connectivity index is 2.25. The van der Waals surface area contributed by atoms with Gasteiger partial charge in [-0.1, -0.05) is 37.6 Å². The number of hydrogen-bond donors (Lipinski definition) is 1. The predicted molar refractivity (Wildman–Crippen MR) is 132 cm³/mol. The van der Waals surface area contributed by atoms with Crippen LogP contribution in [0.3, 0.4) is 0 Å². The molecule has 34 heavy (non-hydrogen) atoms. The predicted octanol–water partition coefficient (Wildman–Crippen LogP) is 3.16. The average molecular weight is 510 g/mol. The van der Waals surface area contributed by atoms with E-state index in [1.165, 1.54) is 36.2 Å². The summed E-state index contributed by atoms with van der Waals surface area (Å²) in [7, 11) is -1.03. The second-order valence-corrected chi connectivity index (χ2v) is 10.9. The van der Waals surface area contributed by atoms with Crippen molar-refractivity contribution in [3.63, 3.8) is 0 Å². The molecule has 0 saturated carbocycles. The van der Waals surface area contributed by atoms with Crippen LogP contribution in [0.25, 0.3) is 0 Å². The van der Waals surface area contributed by atoms with Crippen LogP contribution >= 0.6 is 11.6 Å².